The molecule has 1 saturated heterocycles. The lowest BCUT2D eigenvalue weighted by molar-refractivity contribution is 0.447. The van der Waals surface area contributed by atoms with Crippen molar-refractivity contribution in [2.24, 2.45) is 0 Å². The van der Waals surface area contributed by atoms with Crippen molar-refractivity contribution in [1.29, 1.82) is 0 Å². The molecule has 0 saturated carbocycles. The molecule has 0 spiro atoms. The third-order valence-corrected chi connectivity index (χ3v) is 3.17. The van der Waals surface area contributed by atoms with Gasteiger partial charge in [-0.15, -0.1) is 0 Å². The number of nitrogens with one attached hydrogen (secondary N) is 1. The van der Waals surface area contributed by atoms with Crippen molar-refractivity contribution < 1.29 is 9.50 Å². The molecule has 0 bridgehead atoms. The van der Waals surface area contributed by atoms with Crippen molar-refractivity contribution in [3.63, 3.8) is 0 Å². The van der Waals surface area contributed by atoms with E-state index in [2.05, 4.69) is 5.32 Å². The molecule has 2 nitrogen and oxygen atoms in total. The van der Waals surface area contributed by atoms with Gasteiger partial charge in [0.25, 0.3) is 0 Å². The highest BCUT2D eigenvalue weighted by Crippen LogP contribution is 2.32. The first kappa shape index (κ1) is 10.7. The number of aromatic hydroxyl groups is 1. The standard InChI is InChI=1S/C11H13ClFNO/c12-11-9(13)4-8(5-10(11)15)7-2-1-3-14-6-7/h4-5,7,14-15H,1-3,6H2. The summed E-state index contributed by atoms with van der Waals surface area (Å²) in [5.74, 6) is -0.439. The van der Waals surface area contributed by atoms with Gasteiger partial charge in [-0.1, -0.05) is 11.6 Å². The summed E-state index contributed by atoms with van der Waals surface area (Å²) in [6.45, 7) is 1.85. The molecule has 1 unspecified atom stereocenters. The van der Waals surface area contributed by atoms with Crippen molar-refractivity contribution >= 4 is 11.6 Å². The Morgan fingerprint density at radius 2 is 2.27 bits per heavy atom. The quantitative estimate of drug-likeness (QED) is 0.776. The highest BCUT2D eigenvalue weighted by Gasteiger charge is 2.18. The predicted molar refractivity (Wildman–Crippen MR) is 57.9 cm³/mol. The van der Waals surface area contributed by atoms with Crippen LogP contribution in [-0.2, 0) is 0 Å². The summed E-state index contributed by atoms with van der Waals surface area (Å²) in [4.78, 5) is 0. The molecular formula is C11H13ClFNO. The summed E-state index contributed by atoms with van der Waals surface area (Å²) in [7, 11) is 0. The van der Waals surface area contributed by atoms with Gasteiger partial charge in [-0.2, -0.15) is 0 Å². The fourth-order valence-electron chi connectivity index (χ4n) is 1.97. The van der Waals surface area contributed by atoms with E-state index in [1.807, 2.05) is 0 Å². The third kappa shape index (κ3) is 2.24. The summed E-state index contributed by atoms with van der Waals surface area (Å²) in [6.07, 6.45) is 2.10. The first-order chi connectivity index (χ1) is 7.18. The van der Waals surface area contributed by atoms with Gasteiger partial charge in [0.1, 0.15) is 16.6 Å². The van der Waals surface area contributed by atoms with E-state index < -0.39 is 5.82 Å². The third-order valence-electron chi connectivity index (χ3n) is 2.80. The normalized spacial score (nSPS) is 21.6. The van der Waals surface area contributed by atoms with Crippen LogP contribution in [0.2, 0.25) is 5.02 Å². The first-order valence-corrected chi connectivity index (χ1v) is 5.45. The van der Waals surface area contributed by atoms with Crippen LogP contribution in [0.1, 0.15) is 24.3 Å². The Kier molecular flexibility index (Phi) is 3.12. The summed E-state index contributed by atoms with van der Waals surface area (Å²) in [6, 6.07) is 2.98. The highest BCUT2D eigenvalue weighted by molar-refractivity contribution is 6.32. The second kappa shape index (κ2) is 4.37. The fourth-order valence-corrected chi connectivity index (χ4v) is 2.08. The van der Waals surface area contributed by atoms with Crippen LogP contribution in [0.4, 0.5) is 4.39 Å². The molecule has 15 heavy (non-hydrogen) atoms. The van der Waals surface area contributed by atoms with E-state index in [0.717, 1.165) is 31.5 Å². The smallest absolute Gasteiger partial charge is 0.145 e. The number of phenolic OH excluding ortho intramolecular Hbond substituents is 1. The largest absolute Gasteiger partial charge is 0.506 e. The van der Waals surface area contributed by atoms with Crippen molar-refractivity contribution in [1.82, 2.24) is 5.32 Å². The van der Waals surface area contributed by atoms with Gasteiger partial charge in [-0.3, -0.25) is 0 Å². The van der Waals surface area contributed by atoms with Crippen LogP contribution in [0, 0.1) is 5.82 Å². The van der Waals surface area contributed by atoms with Gasteiger partial charge in [0.15, 0.2) is 0 Å². The second-order valence-corrected chi connectivity index (χ2v) is 4.26. The number of phenols is 1. The SMILES string of the molecule is Oc1cc(C2CCCNC2)cc(F)c1Cl. The van der Waals surface area contributed by atoms with Crippen LogP contribution in [0.15, 0.2) is 12.1 Å². The molecule has 0 aromatic heterocycles. The summed E-state index contributed by atoms with van der Waals surface area (Å²) >= 11 is 5.55. The number of rotatable bonds is 1. The zero-order chi connectivity index (χ0) is 10.8. The molecule has 1 atom stereocenters. The van der Waals surface area contributed by atoms with E-state index >= 15 is 0 Å². The monoisotopic (exact) mass is 229 g/mol. The number of piperidine rings is 1. The maximum Gasteiger partial charge on any atom is 0.145 e. The lowest BCUT2D eigenvalue weighted by atomic mass is 9.91. The zero-order valence-electron chi connectivity index (χ0n) is 8.26. The fraction of sp³-hybridized carbons (Fsp3) is 0.455. The average Bonchev–Trinajstić information content (AvgIpc) is 2.26. The van der Waals surface area contributed by atoms with E-state index in [9.17, 15) is 9.50 Å². The first-order valence-electron chi connectivity index (χ1n) is 5.07. The van der Waals surface area contributed by atoms with E-state index in [0.29, 0.717) is 0 Å². The average molecular weight is 230 g/mol. The summed E-state index contributed by atoms with van der Waals surface area (Å²) in [5.41, 5.74) is 0.821. The summed E-state index contributed by atoms with van der Waals surface area (Å²) < 4.78 is 13.3. The minimum Gasteiger partial charge on any atom is -0.506 e. The Morgan fingerprint density at radius 1 is 1.47 bits per heavy atom. The van der Waals surface area contributed by atoms with Crippen molar-refractivity contribution in [3.8, 4) is 5.75 Å². The molecule has 1 heterocycles. The molecule has 4 heteroatoms. The minimum absolute atomic E-state index is 0.169. The van der Waals surface area contributed by atoms with E-state index in [-0.39, 0.29) is 16.7 Å². The van der Waals surface area contributed by atoms with Gasteiger partial charge in [-0.25, -0.2) is 4.39 Å². The Hall–Kier alpha value is -0.800. The zero-order valence-corrected chi connectivity index (χ0v) is 9.02. The molecule has 1 aliphatic heterocycles. The van der Waals surface area contributed by atoms with E-state index in [1.165, 1.54) is 6.07 Å². The highest BCUT2D eigenvalue weighted by atomic mass is 35.5. The number of benzene rings is 1. The molecule has 1 aliphatic rings. The van der Waals surface area contributed by atoms with Crippen LogP contribution in [0.5, 0.6) is 5.75 Å². The molecule has 2 N–H and O–H groups in total. The number of halogens is 2. The molecule has 2 rings (SSSR count). The number of hydrogen-bond donors (Lipinski definition) is 2. The topological polar surface area (TPSA) is 32.3 Å². The van der Waals surface area contributed by atoms with Crippen LogP contribution >= 0.6 is 11.6 Å². The van der Waals surface area contributed by atoms with Crippen LogP contribution in [0.3, 0.4) is 0 Å². The maximum absolute atomic E-state index is 13.3. The lowest BCUT2D eigenvalue weighted by Gasteiger charge is -2.23. The molecule has 0 amide bonds. The van der Waals surface area contributed by atoms with Gasteiger partial charge in [0.05, 0.1) is 0 Å². The molecule has 0 aliphatic carbocycles. The van der Waals surface area contributed by atoms with Crippen molar-refractivity contribution in [2.45, 2.75) is 18.8 Å². The molecule has 1 fully saturated rings. The van der Waals surface area contributed by atoms with Crippen LogP contribution in [-0.4, -0.2) is 18.2 Å². The van der Waals surface area contributed by atoms with Crippen molar-refractivity contribution in [2.75, 3.05) is 13.1 Å². The Bertz CT molecular complexity index is 341. The van der Waals surface area contributed by atoms with Crippen LogP contribution < -0.4 is 5.32 Å². The van der Waals surface area contributed by atoms with Crippen molar-refractivity contribution in [3.05, 3.63) is 28.5 Å². The Balaban J connectivity index is 2.27. The van der Waals surface area contributed by atoms with Gasteiger partial charge >= 0.3 is 0 Å². The maximum atomic E-state index is 13.3. The van der Waals surface area contributed by atoms with Gasteiger partial charge in [0, 0.05) is 6.54 Å². The molecule has 0 radical (unpaired) electrons. The Morgan fingerprint density at radius 3 is 2.87 bits per heavy atom. The number of hydrogen-bond acceptors (Lipinski definition) is 2. The molecule has 1 aromatic carbocycles. The van der Waals surface area contributed by atoms with E-state index in [4.69, 9.17) is 11.6 Å². The molecular weight excluding hydrogens is 217 g/mol. The molecule has 1 aromatic rings. The lowest BCUT2D eigenvalue weighted by Crippen LogP contribution is -2.28. The van der Waals surface area contributed by atoms with Crippen LogP contribution in [0.25, 0.3) is 0 Å². The van der Waals surface area contributed by atoms with Gasteiger partial charge in [0.2, 0.25) is 0 Å². The second-order valence-electron chi connectivity index (χ2n) is 3.88. The Labute approximate surface area is 93.1 Å². The molecule has 82 valence electrons. The van der Waals surface area contributed by atoms with E-state index in [1.54, 1.807) is 6.07 Å². The predicted octanol–water partition coefficient (Wildman–Crippen LogP) is 2.65. The minimum atomic E-state index is -0.544. The summed E-state index contributed by atoms with van der Waals surface area (Å²) in [5, 5.41) is 12.5. The van der Waals surface area contributed by atoms with Gasteiger partial charge < -0.3 is 10.4 Å². The van der Waals surface area contributed by atoms with Gasteiger partial charge in [-0.05, 0) is 43.0 Å².